The second kappa shape index (κ2) is 5.78. The fourth-order valence-electron chi connectivity index (χ4n) is 1.67. The van der Waals surface area contributed by atoms with Gasteiger partial charge in [0.15, 0.2) is 0 Å². The van der Waals surface area contributed by atoms with Crippen LogP contribution in [0, 0.1) is 0 Å². The van der Waals surface area contributed by atoms with Gasteiger partial charge in [0, 0.05) is 13.2 Å². The Labute approximate surface area is 104 Å². The first-order valence-electron chi connectivity index (χ1n) is 5.54. The molecule has 6 N–H and O–H groups in total. The average molecular weight is 259 g/mol. The molecule has 0 bridgehead atoms. The first-order chi connectivity index (χ1) is 8.35. The van der Waals surface area contributed by atoms with Gasteiger partial charge in [0.1, 0.15) is 6.04 Å². The van der Waals surface area contributed by atoms with Crippen LogP contribution in [-0.2, 0) is 19.1 Å². The van der Waals surface area contributed by atoms with Gasteiger partial charge >= 0.3 is 5.97 Å². The number of amides is 2. The predicted octanol–water partition coefficient (Wildman–Crippen LogP) is -2.06. The molecule has 18 heavy (non-hydrogen) atoms. The van der Waals surface area contributed by atoms with Crippen molar-refractivity contribution in [1.82, 2.24) is 5.32 Å². The molecule has 2 amide bonds. The first-order valence-corrected chi connectivity index (χ1v) is 5.54. The van der Waals surface area contributed by atoms with E-state index in [2.05, 4.69) is 5.32 Å². The van der Waals surface area contributed by atoms with E-state index in [1.807, 2.05) is 0 Å². The van der Waals surface area contributed by atoms with Crippen molar-refractivity contribution < 1.29 is 24.2 Å². The van der Waals surface area contributed by atoms with Crippen LogP contribution in [0.5, 0.6) is 0 Å². The summed E-state index contributed by atoms with van der Waals surface area (Å²) in [7, 11) is 0. The molecule has 1 rings (SSSR count). The van der Waals surface area contributed by atoms with Gasteiger partial charge in [-0.15, -0.1) is 0 Å². The van der Waals surface area contributed by atoms with Crippen LogP contribution in [-0.4, -0.2) is 47.7 Å². The summed E-state index contributed by atoms with van der Waals surface area (Å²) in [4.78, 5) is 33.5. The third-order valence-electron chi connectivity index (χ3n) is 2.85. The Morgan fingerprint density at radius 2 is 1.89 bits per heavy atom. The van der Waals surface area contributed by atoms with Crippen molar-refractivity contribution in [3.8, 4) is 0 Å². The van der Waals surface area contributed by atoms with E-state index in [9.17, 15) is 14.4 Å². The highest BCUT2D eigenvalue weighted by molar-refractivity contribution is 5.92. The maximum Gasteiger partial charge on any atom is 0.326 e. The normalized spacial score (nSPS) is 19.8. The van der Waals surface area contributed by atoms with Crippen molar-refractivity contribution in [3.05, 3.63) is 0 Å². The second-order valence-corrected chi connectivity index (χ2v) is 4.30. The maximum atomic E-state index is 11.9. The maximum absolute atomic E-state index is 11.9. The number of carbonyl (C=O) groups excluding carboxylic acids is 2. The molecule has 0 aromatic carbocycles. The van der Waals surface area contributed by atoms with E-state index in [0.717, 1.165) is 0 Å². The molecule has 102 valence electrons. The summed E-state index contributed by atoms with van der Waals surface area (Å²) in [5, 5.41) is 11.1. The second-order valence-electron chi connectivity index (χ2n) is 4.30. The Hall–Kier alpha value is -1.67. The first kappa shape index (κ1) is 14.4. The zero-order valence-corrected chi connectivity index (χ0v) is 9.85. The van der Waals surface area contributed by atoms with Crippen molar-refractivity contribution in [1.29, 1.82) is 0 Å². The number of aliphatic carboxylic acids is 1. The lowest BCUT2D eigenvalue weighted by molar-refractivity contribution is -0.144. The summed E-state index contributed by atoms with van der Waals surface area (Å²) >= 11 is 0. The van der Waals surface area contributed by atoms with Gasteiger partial charge in [0.25, 0.3) is 0 Å². The minimum absolute atomic E-state index is 0.307. The van der Waals surface area contributed by atoms with Crippen LogP contribution in [0.2, 0.25) is 0 Å². The lowest BCUT2D eigenvalue weighted by Crippen LogP contribution is -2.60. The molecular formula is C10H17N3O5. The number of rotatable bonds is 5. The molecule has 0 aromatic rings. The summed E-state index contributed by atoms with van der Waals surface area (Å²) in [5.74, 6) is -2.72. The molecule has 0 radical (unpaired) electrons. The van der Waals surface area contributed by atoms with Crippen LogP contribution in [0.3, 0.4) is 0 Å². The molecule has 1 aliphatic rings. The quantitative estimate of drug-likeness (QED) is 0.446. The summed E-state index contributed by atoms with van der Waals surface area (Å²) in [6, 6.07) is -1.35. The van der Waals surface area contributed by atoms with Crippen LogP contribution in [0.4, 0.5) is 0 Å². The summed E-state index contributed by atoms with van der Waals surface area (Å²) in [5.41, 5.74) is 9.64. The number of carbonyl (C=O) groups is 3. The fraction of sp³-hybridized carbons (Fsp3) is 0.700. The number of ether oxygens (including phenoxy) is 1. The zero-order valence-electron chi connectivity index (χ0n) is 9.85. The molecular weight excluding hydrogens is 242 g/mol. The van der Waals surface area contributed by atoms with Crippen molar-refractivity contribution in [2.45, 2.75) is 30.8 Å². The van der Waals surface area contributed by atoms with E-state index in [0.29, 0.717) is 26.1 Å². The molecule has 0 saturated carbocycles. The highest BCUT2D eigenvalue weighted by atomic mass is 16.5. The Morgan fingerprint density at radius 1 is 1.33 bits per heavy atom. The number of hydrogen-bond donors (Lipinski definition) is 4. The smallest absolute Gasteiger partial charge is 0.326 e. The van der Waals surface area contributed by atoms with Crippen LogP contribution < -0.4 is 16.8 Å². The standard InChI is InChI=1S/C10H17N3O5/c11-7(14)5-6(8(15)16)13-9(17)10(12)1-3-18-4-2-10/h6H,1-5,12H2,(H2,11,14)(H,13,17)(H,15,16)/t6-/m0/s1. The number of nitrogens with one attached hydrogen (secondary N) is 1. The number of primary amides is 1. The highest BCUT2D eigenvalue weighted by Crippen LogP contribution is 2.18. The molecule has 0 aliphatic carbocycles. The van der Waals surface area contributed by atoms with E-state index in [1.54, 1.807) is 0 Å². The van der Waals surface area contributed by atoms with Gasteiger partial charge in [-0.25, -0.2) is 4.79 Å². The fourth-order valence-corrected chi connectivity index (χ4v) is 1.67. The van der Waals surface area contributed by atoms with Crippen molar-refractivity contribution in [2.75, 3.05) is 13.2 Å². The van der Waals surface area contributed by atoms with E-state index in [4.69, 9.17) is 21.3 Å². The highest BCUT2D eigenvalue weighted by Gasteiger charge is 2.38. The Morgan fingerprint density at radius 3 is 2.33 bits per heavy atom. The number of nitrogens with two attached hydrogens (primary N) is 2. The number of carboxylic acids is 1. The largest absolute Gasteiger partial charge is 0.480 e. The SMILES string of the molecule is NC(=O)C[C@H](NC(=O)C1(N)CCOCC1)C(=O)O. The predicted molar refractivity (Wildman–Crippen MR) is 60.3 cm³/mol. The van der Waals surface area contributed by atoms with Crippen LogP contribution in [0.1, 0.15) is 19.3 Å². The monoisotopic (exact) mass is 259 g/mol. The van der Waals surface area contributed by atoms with Gasteiger partial charge in [-0.3, -0.25) is 9.59 Å². The number of hydrogen-bond acceptors (Lipinski definition) is 5. The molecule has 8 heteroatoms. The average Bonchev–Trinajstić information content (AvgIpc) is 2.28. The van der Waals surface area contributed by atoms with Crippen molar-refractivity contribution in [2.24, 2.45) is 11.5 Å². The summed E-state index contributed by atoms with van der Waals surface area (Å²) in [6.07, 6.45) is 0.150. The third kappa shape index (κ3) is 3.67. The molecule has 8 nitrogen and oxygen atoms in total. The van der Waals surface area contributed by atoms with Gasteiger partial charge in [-0.05, 0) is 12.8 Å². The minimum Gasteiger partial charge on any atom is -0.480 e. The molecule has 1 heterocycles. The van der Waals surface area contributed by atoms with E-state index >= 15 is 0 Å². The summed E-state index contributed by atoms with van der Waals surface area (Å²) < 4.78 is 5.08. The van der Waals surface area contributed by atoms with Crippen molar-refractivity contribution >= 4 is 17.8 Å². The Balaban J connectivity index is 2.65. The molecule has 0 unspecified atom stereocenters. The third-order valence-corrected chi connectivity index (χ3v) is 2.85. The zero-order chi connectivity index (χ0) is 13.8. The van der Waals surface area contributed by atoms with Crippen LogP contribution in [0.15, 0.2) is 0 Å². The molecule has 1 aliphatic heterocycles. The number of carboxylic acid groups (broad SMARTS) is 1. The van der Waals surface area contributed by atoms with Crippen molar-refractivity contribution in [3.63, 3.8) is 0 Å². The topological polar surface area (TPSA) is 145 Å². The van der Waals surface area contributed by atoms with Gasteiger partial charge in [0.2, 0.25) is 11.8 Å². The summed E-state index contributed by atoms with van der Waals surface area (Å²) in [6.45, 7) is 0.689. The lowest BCUT2D eigenvalue weighted by atomic mass is 9.90. The van der Waals surface area contributed by atoms with E-state index < -0.39 is 35.8 Å². The van der Waals surface area contributed by atoms with Crippen LogP contribution >= 0.6 is 0 Å². The van der Waals surface area contributed by atoms with Gasteiger partial charge in [0.05, 0.1) is 12.0 Å². The van der Waals surface area contributed by atoms with Gasteiger partial charge in [-0.2, -0.15) is 0 Å². The van der Waals surface area contributed by atoms with Gasteiger partial charge in [-0.1, -0.05) is 0 Å². The van der Waals surface area contributed by atoms with Crippen LogP contribution in [0.25, 0.3) is 0 Å². The van der Waals surface area contributed by atoms with E-state index in [1.165, 1.54) is 0 Å². The molecule has 1 saturated heterocycles. The molecule has 0 spiro atoms. The van der Waals surface area contributed by atoms with Gasteiger partial charge < -0.3 is 26.6 Å². The minimum atomic E-state index is -1.35. The van der Waals surface area contributed by atoms with E-state index in [-0.39, 0.29) is 0 Å². The molecule has 1 atom stereocenters. The molecule has 0 aromatic heterocycles. The molecule has 1 fully saturated rings. The Bertz CT molecular complexity index is 351. The lowest BCUT2D eigenvalue weighted by Gasteiger charge is -2.32. The Kier molecular flexibility index (Phi) is 4.62.